The number of benzene rings is 3. The van der Waals surface area contributed by atoms with E-state index in [0.29, 0.717) is 23.5 Å². The molecule has 0 aliphatic heterocycles. The molecule has 0 unspecified atom stereocenters. The quantitative estimate of drug-likeness (QED) is 0.626. The largest absolute Gasteiger partial charge is 0.465 e. The van der Waals surface area contributed by atoms with Crippen LogP contribution in [0.2, 0.25) is 0 Å². The molecule has 3 aromatic rings. The molecule has 0 heterocycles. The van der Waals surface area contributed by atoms with E-state index in [0.717, 1.165) is 16.7 Å². The number of amides is 2. The van der Waals surface area contributed by atoms with Crippen molar-refractivity contribution in [1.82, 2.24) is 0 Å². The first-order valence-corrected chi connectivity index (χ1v) is 9.07. The number of rotatable bonds is 5. The van der Waals surface area contributed by atoms with E-state index in [1.165, 1.54) is 4.90 Å². The average molecular weight is 374 g/mol. The Morgan fingerprint density at radius 1 is 0.929 bits per heavy atom. The first-order chi connectivity index (χ1) is 13.5. The number of nitrogens with one attached hydrogen (secondary N) is 1. The van der Waals surface area contributed by atoms with Crippen LogP contribution in [0.4, 0.5) is 16.2 Å². The van der Waals surface area contributed by atoms with Crippen LogP contribution in [-0.4, -0.2) is 23.7 Å². The minimum absolute atomic E-state index is 0.213. The molecule has 2 amide bonds. The van der Waals surface area contributed by atoms with Gasteiger partial charge in [0.15, 0.2) is 0 Å². The highest BCUT2D eigenvalue weighted by Crippen LogP contribution is 2.25. The van der Waals surface area contributed by atoms with Crippen LogP contribution >= 0.6 is 0 Å². The average Bonchev–Trinajstić information content (AvgIpc) is 2.70. The van der Waals surface area contributed by atoms with Crippen LogP contribution in [0.25, 0.3) is 11.1 Å². The zero-order valence-corrected chi connectivity index (χ0v) is 15.8. The third-order valence-electron chi connectivity index (χ3n) is 4.52. The van der Waals surface area contributed by atoms with Crippen molar-refractivity contribution >= 4 is 23.4 Å². The van der Waals surface area contributed by atoms with Crippen LogP contribution in [0.3, 0.4) is 0 Å². The molecule has 0 aliphatic carbocycles. The first-order valence-electron chi connectivity index (χ1n) is 9.07. The maximum atomic E-state index is 12.8. The summed E-state index contributed by atoms with van der Waals surface area (Å²) in [5.41, 5.74) is 4.75. The highest BCUT2D eigenvalue weighted by Gasteiger charge is 2.14. The fourth-order valence-electron chi connectivity index (χ4n) is 3.02. The molecule has 0 saturated carbocycles. The molecule has 28 heavy (non-hydrogen) atoms. The fraction of sp³-hybridized carbons (Fsp3) is 0.130. The maximum Gasteiger partial charge on any atom is 0.411 e. The second-order valence-electron chi connectivity index (χ2n) is 6.44. The van der Waals surface area contributed by atoms with Gasteiger partial charge in [0.05, 0.1) is 0 Å². The molecule has 0 fully saturated rings. The van der Waals surface area contributed by atoms with Crippen molar-refractivity contribution < 1.29 is 14.7 Å². The van der Waals surface area contributed by atoms with Gasteiger partial charge < -0.3 is 10.4 Å². The van der Waals surface area contributed by atoms with Crippen LogP contribution in [0.5, 0.6) is 0 Å². The molecule has 0 aliphatic rings. The summed E-state index contributed by atoms with van der Waals surface area (Å²) in [6.07, 6.45) is -1.01. The third kappa shape index (κ3) is 4.20. The molecule has 0 aromatic heterocycles. The number of carbonyl (C=O) groups excluding carboxylic acids is 1. The topological polar surface area (TPSA) is 69.6 Å². The van der Waals surface area contributed by atoms with Gasteiger partial charge >= 0.3 is 6.09 Å². The number of aryl methyl sites for hydroxylation is 1. The Morgan fingerprint density at radius 2 is 1.57 bits per heavy atom. The Kier molecular flexibility index (Phi) is 5.75. The Hall–Kier alpha value is -3.60. The van der Waals surface area contributed by atoms with E-state index in [1.807, 2.05) is 49.4 Å². The highest BCUT2D eigenvalue weighted by atomic mass is 16.4. The molecule has 142 valence electrons. The van der Waals surface area contributed by atoms with Crippen molar-refractivity contribution in [3.63, 3.8) is 0 Å². The number of anilines is 2. The van der Waals surface area contributed by atoms with E-state index < -0.39 is 6.09 Å². The van der Waals surface area contributed by atoms with Gasteiger partial charge in [0.25, 0.3) is 5.91 Å². The van der Waals surface area contributed by atoms with Crippen LogP contribution in [-0.2, 0) is 0 Å². The van der Waals surface area contributed by atoms with Crippen LogP contribution in [0, 0.1) is 6.92 Å². The minimum Gasteiger partial charge on any atom is -0.465 e. The molecule has 5 nitrogen and oxygen atoms in total. The van der Waals surface area contributed by atoms with Crippen LogP contribution in [0.1, 0.15) is 22.8 Å². The molecule has 3 rings (SSSR count). The van der Waals surface area contributed by atoms with Crippen molar-refractivity contribution in [3.8, 4) is 11.1 Å². The molecular weight excluding hydrogens is 352 g/mol. The van der Waals surface area contributed by atoms with Gasteiger partial charge in [-0.05, 0) is 55.3 Å². The molecule has 3 aromatic carbocycles. The van der Waals surface area contributed by atoms with Gasteiger partial charge in [0, 0.05) is 23.5 Å². The molecule has 2 N–H and O–H groups in total. The van der Waals surface area contributed by atoms with E-state index in [-0.39, 0.29) is 5.91 Å². The summed E-state index contributed by atoms with van der Waals surface area (Å²) < 4.78 is 0. The summed E-state index contributed by atoms with van der Waals surface area (Å²) >= 11 is 0. The second kappa shape index (κ2) is 8.39. The number of hydrogen-bond acceptors (Lipinski definition) is 2. The first kappa shape index (κ1) is 19.2. The normalized spacial score (nSPS) is 10.4. The predicted molar refractivity (Wildman–Crippen MR) is 112 cm³/mol. The van der Waals surface area contributed by atoms with Crippen molar-refractivity contribution in [2.24, 2.45) is 0 Å². The standard InChI is InChI=1S/C23H22N2O3/c1-3-25(23(27)28)19-14-12-18(13-15-19)24-22(26)21-7-5-4-6-20(21)17-10-8-16(2)9-11-17/h4-15H,3H2,1-2H3,(H,24,26)(H,27,28). The van der Waals surface area contributed by atoms with Gasteiger partial charge in [-0.2, -0.15) is 0 Å². The van der Waals surface area contributed by atoms with Gasteiger partial charge in [0.2, 0.25) is 0 Å². The molecule has 0 radical (unpaired) electrons. The van der Waals surface area contributed by atoms with Gasteiger partial charge in [-0.25, -0.2) is 4.79 Å². The number of carbonyl (C=O) groups is 2. The van der Waals surface area contributed by atoms with Crippen molar-refractivity contribution in [2.45, 2.75) is 13.8 Å². The van der Waals surface area contributed by atoms with E-state index in [9.17, 15) is 14.7 Å². The van der Waals surface area contributed by atoms with E-state index in [4.69, 9.17) is 0 Å². The molecule has 0 spiro atoms. The Bertz CT molecular complexity index is 979. The van der Waals surface area contributed by atoms with Crippen LogP contribution in [0.15, 0.2) is 72.8 Å². The summed E-state index contributed by atoms with van der Waals surface area (Å²) in [5, 5.41) is 12.1. The highest BCUT2D eigenvalue weighted by molar-refractivity contribution is 6.08. The lowest BCUT2D eigenvalue weighted by molar-refractivity contribution is 0.102. The van der Waals surface area contributed by atoms with E-state index >= 15 is 0 Å². The monoisotopic (exact) mass is 374 g/mol. The van der Waals surface area contributed by atoms with Gasteiger partial charge in [0.1, 0.15) is 0 Å². The molecular formula is C23H22N2O3. The number of hydrogen-bond donors (Lipinski definition) is 2. The summed E-state index contributed by atoms with van der Waals surface area (Å²) in [6.45, 7) is 4.15. The lowest BCUT2D eigenvalue weighted by Gasteiger charge is -2.17. The zero-order chi connectivity index (χ0) is 20.1. The lowest BCUT2D eigenvalue weighted by Crippen LogP contribution is -2.28. The Balaban J connectivity index is 1.82. The summed E-state index contributed by atoms with van der Waals surface area (Å²) in [4.78, 5) is 25.3. The Morgan fingerprint density at radius 3 is 2.18 bits per heavy atom. The summed E-state index contributed by atoms with van der Waals surface area (Å²) in [5.74, 6) is -0.213. The van der Waals surface area contributed by atoms with E-state index in [1.54, 1.807) is 37.3 Å². The second-order valence-corrected chi connectivity index (χ2v) is 6.44. The van der Waals surface area contributed by atoms with Crippen LogP contribution < -0.4 is 10.2 Å². The van der Waals surface area contributed by atoms with Crippen molar-refractivity contribution in [1.29, 1.82) is 0 Å². The van der Waals surface area contributed by atoms with Crippen molar-refractivity contribution in [3.05, 3.63) is 83.9 Å². The smallest absolute Gasteiger partial charge is 0.411 e. The van der Waals surface area contributed by atoms with Gasteiger partial charge in [-0.3, -0.25) is 9.69 Å². The SMILES string of the molecule is CCN(C(=O)O)c1ccc(NC(=O)c2ccccc2-c2ccc(C)cc2)cc1. The minimum atomic E-state index is -1.01. The predicted octanol–water partition coefficient (Wildman–Crippen LogP) is 5.42. The summed E-state index contributed by atoms with van der Waals surface area (Å²) in [6, 6.07) is 22.3. The third-order valence-corrected chi connectivity index (χ3v) is 4.52. The summed E-state index contributed by atoms with van der Waals surface area (Å²) in [7, 11) is 0. The number of carboxylic acid groups (broad SMARTS) is 1. The Labute approximate surface area is 164 Å². The van der Waals surface area contributed by atoms with Crippen molar-refractivity contribution in [2.75, 3.05) is 16.8 Å². The van der Waals surface area contributed by atoms with E-state index in [2.05, 4.69) is 5.32 Å². The molecule has 0 atom stereocenters. The van der Waals surface area contributed by atoms with Gasteiger partial charge in [-0.15, -0.1) is 0 Å². The van der Waals surface area contributed by atoms with Gasteiger partial charge in [-0.1, -0.05) is 48.0 Å². The zero-order valence-electron chi connectivity index (χ0n) is 15.8. The number of nitrogens with zero attached hydrogens (tertiary/aromatic N) is 1. The fourth-order valence-corrected chi connectivity index (χ4v) is 3.02. The molecule has 0 bridgehead atoms. The molecule has 0 saturated heterocycles. The lowest BCUT2D eigenvalue weighted by atomic mass is 9.98. The maximum absolute atomic E-state index is 12.8. The molecule has 5 heteroatoms.